The topological polar surface area (TPSA) is 71.5 Å². The summed E-state index contributed by atoms with van der Waals surface area (Å²) < 4.78 is 5.40. The van der Waals surface area contributed by atoms with E-state index in [1.165, 1.54) is 12.8 Å². The van der Waals surface area contributed by atoms with Crippen molar-refractivity contribution in [2.75, 3.05) is 0 Å². The molecule has 1 atom stereocenters. The zero-order chi connectivity index (χ0) is 13.0. The summed E-state index contributed by atoms with van der Waals surface area (Å²) in [6.45, 7) is 2.98. The van der Waals surface area contributed by atoms with Crippen LogP contribution in [0.4, 0.5) is 0 Å². The number of hydrogen-bond donors (Lipinski definition) is 2. The molecule has 2 rings (SSSR count). The van der Waals surface area contributed by atoms with E-state index in [1.807, 2.05) is 12.1 Å². The van der Waals surface area contributed by atoms with Crippen LogP contribution in [0.2, 0.25) is 0 Å². The van der Waals surface area contributed by atoms with Gasteiger partial charge in [0.05, 0.1) is 12.8 Å². The number of nitrogens with one attached hydrogen (secondary N) is 1. The van der Waals surface area contributed by atoms with Crippen molar-refractivity contribution in [3.63, 3.8) is 0 Å². The van der Waals surface area contributed by atoms with Crippen molar-refractivity contribution in [2.24, 2.45) is 5.84 Å². The number of nitrogens with zero attached hydrogens (tertiary/aromatic N) is 1. The van der Waals surface area contributed by atoms with Gasteiger partial charge in [-0.2, -0.15) is 0 Å². The van der Waals surface area contributed by atoms with Gasteiger partial charge in [-0.05, 0) is 38.3 Å². The first-order valence-electron chi connectivity index (χ1n) is 6.48. The van der Waals surface area contributed by atoms with Crippen LogP contribution in [0, 0.1) is 0 Å². The molecule has 0 spiro atoms. The zero-order valence-corrected chi connectivity index (χ0v) is 10.8. The van der Waals surface area contributed by atoms with Crippen LogP contribution >= 0.6 is 0 Å². The summed E-state index contributed by atoms with van der Waals surface area (Å²) >= 11 is 0. The minimum Gasteiger partial charge on any atom is -0.468 e. The van der Waals surface area contributed by atoms with Gasteiger partial charge in [0, 0.05) is 18.5 Å². The Bertz CT molecular complexity index is 374. The Morgan fingerprint density at radius 2 is 2.44 bits per heavy atom. The van der Waals surface area contributed by atoms with Crippen molar-refractivity contribution in [3.05, 3.63) is 24.2 Å². The van der Waals surface area contributed by atoms with E-state index < -0.39 is 0 Å². The largest absolute Gasteiger partial charge is 0.468 e. The van der Waals surface area contributed by atoms with Crippen molar-refractivity contribution in [3.8, 4) is 0 Å². The number of nitrogens with two attached hydrogens (primary N) is 1. The van der Waals surface area contributed by atoms with Crippen LogP contribution in [0.15, 0.2) is 22.8 Å². The van der Waals surface area contributed by atoms with E-state index in [0.29, 0.717) is 18.5 Å². The second-order valence-electron chi connectivity index (χ2n) is 4.94. The van der Waals surface area contributed by atoms with Crippen molar-refractivity contribution < 1.29 is 9.21 Å². The van der Waals surface area contributed by atoms with Crippen molar-refractivity contribution in [2.45, 2.75) is 51.2 Å². The highest BCUT2D eigenvalue weighted by Crippen LogP contribution is 2.31. The number of hydrogen-bond acceptors (Lipinski definition) is 4. The Labute approximate surface area is 107 Å². The summed E-state index contributed by atoms with van der Waals surface area (Å²) in [6, 6.07) is 4.91. The molecule has 1 unspecified atom stereocenters. The third-order valence-electron chi connectivity index (χ3n) is 3.45. The van der Waals surface area contributed by atoms with Crippen molar-refractivity contribution in [1.29, 1.82) is 0 Å². The summed E-state index contributed by atoms with van der Waals surface area (Å²) in [6.07, 6.45) is 5.48. The molecule has 1 fully saturated rings. The van der Waals surface area contributed by atoms with Crippen molar-refractivity contribution in [1.82, 2.24) is 10.3 Å². The van der Waals surface area contributed by atoms with Gasteiger partial charge in [-0.1, -0.05) is 0 Å². The summed E-state index contributed by atoms with van der Waals surface area (Å²) in [7, 11) is 0. The maximum Gasteiger partial charge on any atom is 0.233 e. The van der Waals surface area contributed by atoms with Gasteiger partial charge in [0.15, 0.2) is 0 Å². The number of rotatable bonds is 7. The molecular formula is C13H21N3O2. The zero-order valence-electron chi connectivity index (χ0n) is 10.8. The molecular weight excluding hydrogens is 230 g/mol. The van der Waals surface area contributed by atoms with Gasteiger partial charge in [0.25, 0.3) is 0 Å². The van der Waals surface area contributed by atoms with Crippen LogP contribution in [0.3, 0.4) is 0 Å². The third kappa shape index (κ3) is 3.58. The molecule has 100 valence electrons. The smallest absolute Gasteiger partial charge is 0.233 e. The summed E-state index contributed by atoms with van der Waals surface area (Å²) in [4.78, 5) is 13.6. The van der Waals surface area contributed by atoms with Gasteiger partial charge in [-0.3, -0.25) is 15.1 Å². The van der Waals surface area contributed by atoms with Crippen molar-refractivity contribution >= 4 is 5.91 Å². The van der Waals surface area contributed by atoms with Crippen LogP contribution in [-0.2, 0) is 11.3 Å². The molecule has 1 aliphatic carbocycles. The van der Waals surface area contributed by atoms with E-state index in [4.69, 9.17) is 10.3 Å². The summed E-state index contributed by atoms with van der Waals surface area (Å²) in [5.41, 5.74) is 2.17. The predicted molar refractivity (Wildman–Crippen MR) is 68.3 cm³/mol. The van der Waals surface area contributed by atoms with Crippen LogP contribution in [0.1, 0.15) is 38.4 Å². The number of carbonyl (C=O) groups is 1. The lowest BCUT2D eigenvalue weighted by molar-refractivity contribution is -0.121. The van der Waals surface area contributed by atoms with Gasteiger partial charge >= 0.3 is 0 Å². The van der Waals surface area contributed by atoms with E-state index in [9.17, 15) is 4.79 Å². The van der Waals surface area contributed by atoms with Crippen LogP contribution in [0.25, 0.3) is 0 Å². The lowest BCUT2D eigenvalue weighted by Gasteiger charge is -2.28. The van der Waals surface area contributed by atoms with Gasteiger partial charge in [-0.15, -0.1) is 0 Å². The minimum absolute atomic E-state index is 0.101. The molecule has 1 aromatic rings. The standard InChI is InChI=1S/C13H21N3O2/c1-10(4-7-13(17)15-14)16(11-5-6-11)9-12-3-2-8-18-12/h2-3,8,10-11H,4-7,9,14H2,1H3,(H,15,17). The maximum absolute atomic E-state index is 11.2. The third-order valence-corrected chi connectivity index (χ3v) is 3.45. The van der Waals surface area contributed by atoms with E-state index in [0.717, 1.165) is 18.7 Å². The lowest BCUT2D eigenvalue weighted by Crippen LogP contribution is -2.36. The van der Waals surface area contributed by atoms with Crippen LogP contribution in [0.5, 0.6) is 0 Å². The highest BCUT2D eigenvalue weighted by atomic mass is 16.3. The Morgan fingerprint density at radius 1 is 1.67 bits per heavy atom. The second kappa shape index (κ2) is 6.02. The fourth-order valence-electron chi connectivity index (χ4n) is 2.21. The molecule has 18 heavy (non-hydrogen) atoms. The maximum atomic E-state index is 11.2. The second-order valence-corrected chi connectivity index (χ2v) is 4.94. The number of furan rings is 1. The average Bonchev–Trinajstić information content (AvgIpc) is 3.09. The van der Waals surface area contributed by atoms with Crippen LogP contribution in [-0.4, -0.2) is 22.9 Å². The lowest BCUT2D eigenvalue weighted by atomic mass is 10.1. The number of hydrazine groups is 1. The van der Waals surface area contributed by atoms with E-state index >= 15 is 0 Å². The van der Waals surface area contributed by atoms with E-state index in [-0.39, 0.29) is 5.91 Å². The molecule has 1 heterocycles. The first-order chi connectivity index (χ1) is 8.70. The molecule has 0 aliphatic heterocycles. The molecule has 3 N–H and O–H groups in total. The Hall–Kier alpha value is -1.33. The van der Waals surface area contributed by atoms with Gasteiger partial charge in [-0.25, -0.2) is 5.84 Å². The number of amides is 1. The fraction of sp³-hybridized carbons (Fsp3) is 0.615. The summed E-state index contributed by atoms with van der Waals surface area (Å²) in [5, 5.41) is 0. The molecule has 1 amide bonds. The Morgan fingerprint density at radius 3 is 3.00 bits per heavy atom. The van der Waals surface area contributed by atoms with Gasteiger partial charge in [0.2, 0.25) is 5.91 Å². The van der Waals surface area contributed by atoms with Crippen LogP contribution < -0.4 is 11.3 Å². The highest BCUT2D eigenvalue weighted by molar-refractivity contribution is 5.75. The molecule has 0 bridgehead atoms. The molecule has 1 saturated carbocycles. The Kier molecular flexibility index (Phi) is 4.38. The predicted octanol–water partition coefficient (Wildman–Crippen LogP) is 1.40. The van der Waals surface area contributed by atoms with E-state index in [1.54, 1.807) is 6.26 Å². The van der Waals surface area contributed by atoms with Gasteiger partial charge < -0.3 is 4.42 Å². The molecule has 0 radical (unpaired) electrons. The minimum atomic E-state index is -0.101. The first-order valence-corrected chi connectivity index (χ1v) is 6.48. The quantitative estimate of drug-likeness (QED) is 0.436. The monoisotopic (exact) mass is 251 g/mol. The molecule has 0 saturated heterocycles. The molecule has 5 heteroatoms. The highest BCUT2D eigenvalue weighted by Gasteiger charge is 2.32. The summed E-state index contributed by atoms with van der Waals surface area (Å²) in [5.74, 6) is 5.97. The fourth-order valence-corrected chi connectivity index (χ4v) is 2.21. The number of carbonyl (C=O) groups excluding carboxylic acids is 1. The SMILES string of the molecule is CC(CCC(=O)NN)N(Cc1ccco1)C1CC1. The normalized spacial score (nSPS) is 16.8. The van der Waals surface area contributed by atoms with E-state index in [2.05, 4.69) is 17.2 Å². The Balaban J connectivity index is 1.86. The first kappa shape index (κ1) is 13.1. The molecule has 1 aromatic heterocycles. The molecule has 0 aromatic carbocycles. The average molecular weight is 251 g/mol. The van der Waals surface area contributed by atoms with Gasteiger partial charge in [0.1, 0.15) is 5.76 Å². The molecule has 5 nitrogen and oxygen atoms in total. The molecule has 1 aliphatic rings.